The van der Waals surface area contributed by atoms with Crippen LogP contribution in [-0.4, -0.2) is 47.3 Å². The predicted octanol–water partition coefficient (Wildman–Crippen LogP) is 2.22. The number of benzene rings is 1. The van der Waals surface area contributed by atoms with Gasteiger partial charge in [0.25, 0.3) is 0 Å². The fourth-order valence-corrected chi connectivity index (χ4v) is 2.71. The third kappa shape index (κ3) is 3.67. The van der Waals surface area contributed by atoms with Crippen molar-refractivity contribution in [2.75, 3.05) is 31.6 Å². The normalized spacial score (nSPS) is 16.7. The predicted molar refractivity (Wildman–Crippen MR) is 86.4 cm³/mol. The van der Waals surface area contributed by atoms with Gasteiger partial charge in [-0.2, -0.15) is 0 Å². The zero-order chi connectivity index (χ0) is 16.1. The van der Waals surface area contributed by atoms with Gasteiger partial charge in [0, 0.05) is 25.5 Å². The standard InChI is InChI=1S/C17H19N3O3/c21-17(22)14-3-1-2-4-15(14)19-16(13-5-7-18-8-6-13)20-9-11-23-12-10-20/h1-8,16,19H,9-12H2,(H,21,22). The number of carboxylic acid groups (broad SMARTS) is 1. The van der Waals surface area contributed by atoms with E-state index < -0.39 is 5.97 Å². The summed E-state index contributed by atoms with van der Waals surface area (Å²) in [5.74, 6) is -0.941. The van der Waals surface area contributed by atoms with Gasteiger partial charge in [0.1, 0.15) is 6.17 Å². The number of aromatic nitrogens is 1. The lowest BCUT2D eigenvalue weighted by Gasteiger charge is -2.35. The Morgan fingerprint density at radius 1 is 1.17 bits per heavy atom. The number of nitrogens with zero attached hydrogens (tertiary/aromatic N) is 2. The van der Waals surface area contributed by atoms with E-state index in [1.54, 1.807) is 30.6 Å². The van der Waals surface area contributed by atoms with Gasteiger partial charge in [-0.05, 0) is 29.8 Å². The van der Waals surface area contributed by atoms with Gasteiger partial charge in [0.15, 0.2) is 0 Å². The quantitative estimate of drug-likeness (QED) is 0.881. The van der Waals surface area contributed by atoms with Gasteiger partial charge in [-0.25, -0.2) is 4.79 Å². The van der Waals surface area contributed by atoms with Crippen molar-refractivity contribution in [3.05, 3.63) is 59.9 Å². The molecule has 0 aliphatic carbocycles. The van der Waals surface area contributed by atoms with E-state index in [2.05, 4.69) is 15.2 Å². The molecule has 6 heteroatoms. The van der Waals surface area contributed by atoms with E-state index in [-0.39, 0.29) is 11.7 Å². The van der Waals surface area contributed by atoms with E-state index in [0.717, 1.165) is 18.7 Å². The molecule has 0 spiro atoms. The van der Waals surface area contributed by atoms with E-state index >= 15 is 0 Å². The van der Waals surface area contributed by atoms with E-state index in [9.17, 15) is 9.90 Å². The molecule has 0 bridgehead atoms. The van der Waals surface area contributed by atoms with E-state index in [0.29, 0.717) is 18.9 Å². The van der Waals surface area contributed by atoms with Gasteiger partial charge in [-0.15, -0.1) is 0 Å². The van der Waals surface area contributed by atoms with Crippen LogP contribution in [0.15, 0.2) is 48.8 Å². The molecule has 0 saturated carbocycles. The number of nitrogens with one attached hydrogen (secondary N) is 1. The Kier molecular flexibility index (Phi) is 4.85. The monoisotopic (exact) mass is 313 g/mol. The van der Waals surface area contributed by atoms with Gasteiger partial charge in [-0.3, -0.25) is 9.88 Å². The molecular formula is C17H19N3O3. The molecule has 1 aliphatic rings. The average Bonchev–Trinajstić information content (AvgIpc) is 2.61. The zero-order valence-electron chi connectivity index (χ0n) is 12.7. The highest BCUT2D eigenvalue weighted by Crippen LogP contribution is 2.26. The first-order valence-corrected chi connectivity index (χ1v) is 7.56. The molecule has 120 valence electrons. The number of pyridine rings is 1. The highest BCUT2D eigenvalue weighted by Gasteiger charge is 2.24. The molecule has 6 nitrogen and oxygen atoms in total. The van der Waals surface area contributed by atoms with Crippen molar-refractivity contribution in [1.29, 1.82) is 0 Å². The molecule has 23 heavy (non-hydrogen) atoms. The molecule has 2 N–H and O–H groups in total. The Morgan fingerprint density at radius 3 is 2.57 bits per heavy atom. The molecule has 1 fully saturated rings. The number of morpholine rings is 1. The lowest BCUT2D eigenvalue weighted by molar-refractivity contribution is 0.0216. The van der Waals surface area contributed by atoms with Crippen molar-refractivity contribution in [2.24, 2.45) is 0 Å². The maximum Gasteiger partial charge on any atom is 0.337 e. The first kappa shape index (κ1) is 15.5. The van der Waals surface area contributed by atoms with Crippen molar-refractivity contribution in [1.82, 2.24) is 9.88 Å². The first-order valence-electron chi connectivity index (χ1n) is 7.56. The average molecular weight is 313 g/mol. The Morgan fingerprint density at radius 2 is 1.87 bits per heavy atom. The molecular weight excluding hydrogens is 294 g/mol. The van der Waals surface area contributed by atoms with E-state index in [1.165, 1.54) is 0 Å². The van der Waals surface area contributed by atoms with Crippen LogP contribution in [0.4, 0.5) is 5.69 Å². The van der Waals surface area contributed by atoms with E-state index in [1.807, 2.05) is 18.2 Å². The Labute approximate surface area is 134 Å². The van der Waals surface area contributed by atoms with Crippen LogP contribution in [0, 0.1) is 0 Å². The largest absolute Gasteiger partial charge is 0.478 e. The number of para-hydroxylation sites is 1. The van der Waals surface area contributed by atoms with Crippen molar-refractivity contribution in [2.45, 2.75) is 6.17 Å². The summed E-state index contributed by atoms with van der Waals surface area (Å²) in [6, 6.07) is 10.8. The van der Waals surface area contributed by atoms with Crippen molar-refractivity contribution in [3.63, 3.8) is 0 Å². The topological polar surface area (TPSA) is 74.7 Å². The molecule has 3 rings (SSSR count). The van der Waals surface area contributed by atoms with Gasteiger partial charge in [0.05, 0.1) is 24.5 Å². The number of hydrogen-bond acceptors (Lipinski definition) is 5. The molecule has 2 aromatic rings. The van der Waals surface area contributed by atoms with E-state index in [4.69, 9.17) is 4.74 Å². The maximum atomic E-state index is 11.4. The number of rotatable bonds is 5. The van der Waals surface area contributed by atoms with Crippen LogP contribution in [-0.2, 0) is 4.74 Å². The van der Waals surface area contributed by atoms with Crippen molar-refractivity contribution >= 4 is 11.7 Å². The molecule has 1 atom stereocenters. The van der Waals surface area contributed by atoms with Crippen molar-refractivity contribution in [3.8, 4) is 0 Å². The molecule has 1 aliphatic heterocycles. The summed E-state index contributed by atoms with van der Waals surface area (Å²) in [5, 5.41) is 12.8. The summed E-state index contributed by atoms with van der Waals surface area (Å²) in [7, 11) is 0. The summed E-state index contributed by atoms with van der Waals surface area (Å²) in [6.07, 6.45) is 3.36. The summed E-state index contributed by atoms with van der Waals surface area (Å²) in [4.78, 5) is 17.7. The fraction of sp³-hybridized carbons (Fsp3) is 0.294. The highest BCUT2D eigenvalue weighted by atomic mass is 16.5. The van der Waals surface area contributed by atoms with Crippen LogP contribution in [0.5, 0.6) is 0 Å². The third-order valence-corrected chi connectivity index (χ3v) is 3.88. The second kappa shape index (κ2) is 7.21. The Bertz CT molecular complexity index is 657. The number of hydrogen-bond donors (Lipinski definition) is 2. The minimum Gasteiger partial charge on any atom is -0.478 e. The smallest absolute Gasteiger partial charge is 0.337 e. The second-order valence-electron chi connectivity index (χ2n) is 5.33. The number of carboxylic acids is 1. The molecule has 0 amide bonds. The number of anilines is 1. The molecule has 1 aromatic carbocycles. The molecule has 0 radical (unpaired) electrons. The van der Waals surface area contributed by atoms with Crippen LogP contribution >= 0.6 is 0 Å². The maximum absolute atomic E-state index is 11.4. The first-order chi connectivity index (χ1) is 11.3. The van der Waals surface area contributed by atoms with Gasteiger partial charge >= 0.3 is 5.97 Å². The number of aromatic carboxylic acids is 1. The van der Waals surface area contributed by atoms with Crippen LogP contribution in [0.25, 0.3) is 0 Å². The molecule has 1 unspecified atom stereocenters. The summed E-state index contributed by atoms with van der Waals surface area (Å²) >= 11 is 0. The van der Waals surface area contributed by atoms with Gasteiger partial charge in [-0.1, -0.05) is 12.1 Å². The Hall–Kier alpha value is -2.44. The minimum atomic E-state index is -0.941. The molecule has 2 heterocycles. The summed E-state index contributed by atoms with van der Waals surface area (Å²) < 4.78 is 5.42. The summed E-state index contributed by atoms with van der Waals surface area (Å²) in [5.41, 5.74) is 1.91. The number of carbonyl (C=O) groups is 1. The Balaban J connectivity index is 1.91. The summed E-state index contributed by atoms with van der Waals surface area (Å²) in [6.45, 7) is 2.91. The lowest BCUT2D eigenvalue weighted by atomic mass is 10.1. The van der Waals surface area contributed by atoms with Crippen LogP contribution in [0.3, 0.4) is 0 Å². The lowest BCUT2D eigenvalue weighted by Crippen LogP contribution is -2.42. The highest BCUT2D eigenvalue weighted by molar-refractivity contribution is 5.94. The molecule has 1 saturated heterocycles. The zero-order valence-corrected chi connectivity index (χ0v) is 12.7. The van der Waals surface area contributed by atoms with Crippen LogP contribution in [0.2, 0.25) is 0 Å². The SMILES string of the molecule is O=C(O)c1ccccc1NC(c1ccncc1)N1CCOCC1. The van der Waals surface area contributed by atoms with Gasteiger partial charge in [0.2, 0.25) is 0 Å². The van der Waals surface area contributed by atoms with Crippen LogP contribution in [0.1, 0.15) is 22.1 Å². The third-order valence-electron chi connectivity index (χ3n) is 3.88. The van der Waals surface area contributed by atoms with Crippen LogP contribution < -0.4 is 5.32 Å². The second-order valence-corrected chi connectivity index (χ2v) is 5.33. The van der Waals surface area contributed by atoms with Crippen molar-refractivity contribution < 1.29 is 14.6 Å². The van der Waals surface area contributed by atoms with Gasteiger partial charge < -0.3 is 15.2 Å². The minimum absolute atomic E-state index is 0.123. The molecule has 1 aromatic heterocycles. The fourth-order valence-electron chi connectivity index (χ4n) is 2.71. The number of ether oxygens (including phenoxy) is 1.